The number of nitrogens with zero attached hydrogens (tertiary/aromatic N) is 1. The minimum atomic E-state index is -2.54. The zero-order chi connectivity index (χ0) is 26.5. The summed E-state index contributed by atoms with van der Waals surface area (Å²) in [5.74, 6) is -0.00795. The van der Waals surface area contributed by atoms with Gasteiger partial charge in [0.05, 0.1) is 0 Å². The van der Waals surface area contributed by atoms with Crippen molar-refractivity contribution in [3.8, 4) is 0 Å². The van der Waals surface area contributed by atoms with E-state index < -0.39 is 8.11 Å². The fourth-order valence-electron chi connectivity index (χ4n) is 4.58. The third-order valence-corrected chi connectivity index (χ3v) is 6.69. The summed E-state index contributed by atoms with van der Waals surface area (Å²) in [4.78, 5) is 26.7. The van der Waals surface area contributed by atoms with Crippen LogP contribution < -0.4 is 5.32 Å². The summed E-state index contributed by atoms with van der Waals surface area (Å²) in [6, 6.07) is 0. The first kappa shape index (κ1) is 28.8. The molecule has 0 saturated heterocycles. The Bertz CT molecular complexity index is 1210. The summed E-state index contributed by atoms with van der Waals surface area (Å²) >= 11 is 0. The standard InChI is InChI=1S/C30H37N2O4P/c1-23-14-8-6-11-17-28-27(20-23)30(25-15-9-4-3-5-10-16-25)26(21-24(2)32-28)22-29(33)31-18-12-7-13-19-36-37(34)35/h4-5,9-11,14-15,20H,3,6-8,12-13,16,18-19,21-22H2,1-2H3,(H-,31,33,34)/p+1. The molecule has 3 aliphatic rings. The summed E-state index contributed by atoms with van der Waals surface area (Å²) < 4.78 is 15.3. The molecule has 0 radical (unpaired) electrons. The van der Waals surface area contributed by atoms with E-state index in [0.717, 1.165) is 66.7 Å². The van der Waals surface area contributed by atoms with Gasteiger partial charge >= 0.3 is 94.4 Å². The monoisotopic (exact) mass is 521 g/mol. The molecule has 0 aromatic carbocycles. The molecule has 6 nitrogen and oxygen atoms in total. The van der Waals surface area contributed by atoms with Gasteiger partial charge in [-0.2, -0.15) is 0 Å². The average Bonchev–Trinajstić information content (AvgIpc) is 2.87. The molecule has 2 N–H and O–H groups in total. The van der Waals surface area contributed by atoms with Crippen molar-refractivity contribution < 1.29 is 18.6 Å². The van der Waals surface area contributed by atoms with Crippen LogP contribution in [0.5, 0.6) is 0 Å². The van der Waals surface area contributed by atoms with E-state index in [2.05, 4.69) is 71.1 Å². The van der Waals surface area contributed by atoms with E-state index in [4.69, 9.17) is 9.89 Å². The number of allylic oxidation sites excluding steroid dienone is 10. The first-order valence-corrected chi connectivity index (χ1v) is 14.2. The van der Waals surface area contributed by atoms with Crippen LogP contribution in [0.1, 0.15) is 71.6 Å². The van der Waals surface area contributed by atoms with Crippen molar-refractivity contribution in [2.45, 2.75) is 71.6 Å². The topological polar surface area (TPSA) is 90.8 Å². The normalized spacial score (nSPS) is 18.4. The van der Waals surface area contributed by atoms with E-state index >= 15 is 0 Å². The van der Waals surface area contributed by atoms with Crippen molar-refractivity contribution >= 4 is 19.7 Å². The molecule has 0 fully saturated rings. The molecule has 1 amide bonds. The van der Waals surface area contributed by atoms with Crippen LogP contribution in [0.25, 0.3) is 0 Å². The average molecular weight is 522 g/mol. The Morgan fingerprint density at radius 3 is 2.92 bits per heavy atom. The van der Waals surface area contributed by atoms with Gasteiger partial charge in [0, 0.05) is 11.3 Å². The Morgan fingerprint density at radius 1 is 1.22 bits per heavy atom. The van der Waals surface area contributed by atoms with Gasteiger partial charge in [-0.3, -0.25) is 0 Å². The second-order valence-corrected chi connectivity index (χ2v) is 10.2. The zero-order valence-electron chi connectivity index (χ0n) is 22.0. The Labute approximate surface area is 221 Å². The molecule has 7 heteroatoms. The summed E-state index contributed by atoms with van der Waals surface area (Å²) in [5, 5.41) is 3.06. The number of unbranched alkanes of at least 4 members (excludes halogenated alkanes) is 2. The molecule has 1 aliphatic heterocycles. The molecule has 2 aliphatic carbocycles. The van der Waals surface area contributed by atoms with Crippen molar-refractivity contribution in [2.75, 3.05) is 13.2 Å². The maximum atomic E-state index is 13.1. The molecular weight excluding hydrogens is 483 g/mol. The van der Waals surface area contributed by atoms with Gasteiger partial charge in [0.25, 0.3) is 0 Å². The maximum absolute atomic E-state index is 13.1. The van der Waals surface area contributed by atoms with Crippen molar-refractivity contribution in [1.82, 2.24) is 5.32 Å². The van der Waals surface area contributed by atoms with Crippen LogP contribution in [-0.4, -0.2) is 29.7 Å². The molecule has 1 unspecified atom stereocenters. The van der Waals surface area contributed by atoms with E-state index in [1.165, 1.54) is 11.1 Å². The first-order chi connectivity index (χ1) is 17.9. The molecule has 196 valence electrons. The summed E-state index contributed by atoms with van der Waals surface area (Å²) in [6.45, 7) is 4.96. The number of aliphatic imine (C=N–C) groups is 1. The van der Waals surface area contributed by atoms with E-state index in [1.807, 2.05) is 6.92 Å². The molecular formula is C30H38N2O4P+. The zero-order valence-corrected chi connectivity index (χ0v) is 22.9. The molecule has 3 rings (SSSR count). The molecule has 0 aromatic heterocycles. The molecule has 0 spiro atoms. The second-order valence-electron chi connectivity index (χ2n) is 9.47. The van der Waals surface area contributed by atoms with Crippen molar-refractivity contribution in [1.29, 1.82) is 0 Å². The second kappa shape index (κ2) is 15.5. The van der Waals surface area contributed by atoms with Gasteiger partial charge in [-0.25, -0.2) is 4.99 Å². The Hall–Kier alpha value is -2.72. The SMILES string of the molecule is CC1=CCCC=C=C2N=C(C)CC(CC(=O)NCCCCCOP(#[O+])O)=C(C3=CC=CCC=CC3)C2=C1. The third kappa shape index (κ3) is 9.92. The van der Waals surface area contributed by atoms with E-state index in [-0.39, 0.29) is 12.5 Å². The molecule has 37 heavy (non-hydrogen) atoms. The van der Waals surface area contributed by atoms with Crippen LogP contribution in [0.2, 0.25) is 0 Å². The number of carbonyl (C=O) groups excluding carboxylic acids is 1. The molecule has 0 saturated carbocycles. The number of hydrogen-bond acceptors (Lipinski definition) is 4. The van der Waals surface area contributed by atoms with Gasteiger partial charge in [0.15, 0.2) is 0 Å². The van der Waals surface area contributed by atoms with Gasteiger partial charge in [-0.05, 0) is 57.3 Å². The number of amides is 1. The van der Waals surface area contributed by atoms with Crippen molar-refractivity contribution in [3.63, 3.8) is 0 Å². The quantitative estimate of drug-likeness (QED) is 0.112. The minimum absolute atomic E-state index is 0.00795. The smallest absolute Gasteiger partial charge is 0.0844 e. The van der Waals surface area contributed by atoms with Crippen LogP contribution >= 0.6 is 8.11 Å². The Balaban J connectivity index is 1.89. The third-order valence-electron chi connectivity index (χ3n) is 6.29. The van der Waals surface area contributed by atoms with Gasteiger partial charge < -0.3 is 0 Å². The van der Waals surface area contributed by atoms with Gasteiger partial charge in [-0.15, -0.1) is 0 Å². The van der Waals surface area contributed by atoms with Crippen LogP contribution in [0.3, 0.4) is 0 Å². The van der Waals surface area contributed by atoms with Crippen LogP contribution in [0.4, 0.5) is 0 Å². The number of fused-ring (bicyclic) bond motifs is 1. The molecule has 1 atom stereocenters. The Kier molecular flexibility index (Phi) is 12.1. The predicted octanol–water partition coefficient (Wildman–Crippen LogP) is 7.03. The fraction of sp³-hybridized carbons (Fsp3) is 0.433. The van der Waals surface area contributed by atoms with Crippen molar-refractivity contribution in [3.05, 3.63) is 87.9 Å². The number of hydrogen-bond donors (Lipinski definition) is 2. The fourth-order valence-corrected chi connectivity index (χ4v) is 4.87. The number of nitrogens with one attached hydrogen (secondary N) is 1. The number of rotatable bonds is 9. The van der Waals surface area contributed by atoms with Crippen LogP contribution in [-0.2, 0) is 13.7 Å². The summed E-state index contributed by atoms with van der Waals surface area (Å²) in [5.41, 5.74) is 10.8. The summed E-state index contributed by atoms with van der Waals surface area (Å²) in [7, 11) is -2.54. The van der Waals surface area contributed by atoms with Crippen molar-refractivity contribution in [2.24, 2.45) is 4.99 Å². The van der Waals surface area contributed by atoms with Crippen LogP contribution in [0.15, 0.2) is 92.9 Å². The molecule has 0 aromatic rings. The van der Waals surface area contributed by atoms with E-state index in [1.54, 1.807) is 0 Å². The summed E-state index contributed by atoms with van der Waals surface area (Å²) in [6.07, 6.45) is 24.1. The van der Waals surface area contributed by atoms with E-state index in [9.17, 15) is 9.21 Å². The molecule has 1 heterocycles. The van der Waals surface area contributed by atoms with Crippen LogP contribution in [0, 0.1) is 0 Å². The van der Waals surface area contributed by atoms with Gasteiger partial charge in [0.2, 0.25) is 0 Å². The molecule has 0 bridgehead atoms. The first-order valence-electron chi connectivity index (χ1n) is 13.1. The predicted molar refractivity (Wildman–Crippen MR) is 150 cm³/mol. The Morgan fingerprint density at radius 2 is 2.08 bits per heavy atom. The number of carbonyl (C=O) groups is 1. The minimum Gasteiger partial charge on any atom is -0.0844 e. The van der Waals surface area contributed by atoms with Gasteiger partial charge in [0.1, 0.15) is 5.70 Å². The van der Waals surface area contributed by atoms with Gasteiger partial charge in [-0.1, -0.05) is 47.8 Å². The van der Waals surface area contributed by atoms with E-state index in [0.29, 0.717) is 25.8 Å².